The molecule has 100 valence electrons. The van der Waals surface area contributed by atoms with E-state index in [1.165, 1.54) is 6.08 Å². The molecule has 1 saturated heterocycles. The Bertz CT molecular complexity index is 504. The second-order valence-electron chi connectivity index (χ2n) is 4.29. The third-order valence-corrected chi connectivity index (χ3v) is 2.79. The minimum Gasteiger partial charge on any atom is -0.478 e. The molecule has 1 aliphatic rings. The molecule has 0 spiro atoms. The molecular formula is C14H15NO4. The molecule has 0 unspecified atom stereocenters. The van der Waals surface area contributed by atoms with Crippen molar-refractivity contribution >= 4 is 23.6 Å². The maximum atomic E-state index is 11.8. The normalized spacial score (nSPS) is 18.6. The van der Waals surface area contributed by atoms with Crippen LogP contribution in [0.4, 0.5) is 5.69 Å². The lowest BCUT2D eigenvalue weighted by Gasteiger charge is -2.10. The molecule has 1 fully saturated rings. The predicted octanol–water partition coefficient (Wildman–Crippen LogP) is 1.90. The van der Waals surface area contributed by atoms with Crippen LogP contribution in [0.3, 0.4) is 0 Å². The summed E-state index contributed by atoms with van der Waals surface area (Å²) in [6, 6.07) is 6.99. The second kappa shape index (κ2) is 6.15. The number of carboxylic acid groups (broad SMARTS) is 1. The van der Waals surface area contributed by atoms with Gasteiger partial charge in [-0.15, -0.1) is 0 Å². The zero-order valence-corrected chi connectivity index (χ0v) is 10.3. The van der Waals surface area contributed by atoms with Gasteiger partial charge in [-0.1, -0.05) is 12.1 Å². The van der Waals surface area contributed by atoms with E-state index in [1.54, 1.807) is 24.3 Å². The van der Waals surface area contributed by atoms with Crippen molar-refractivity contribution in [1.82, 2.24) is 0 Å². The highest BCUT2D eigenvalue weighted by Gasteiger charge is 2.23. The highest BCUT2D eigenvalue weighted by molar-refractivity contribution is 5.94. The molecule has 0 radical (unpaired) electrons. The number of benzene rings is 1. The molecule has 1 atom stereocenters. The summed E-state index contributed by atoms with van der Waals surface area (Å²) in [4.78, 5) is 22.3. The first-order valence-electron chi connectivity index (χ1n) is 6.09. The van der Waals surface area contributed by atoms with Crippen molar-refractivity contribution in [2.24, 2.45) is 0 Å². The molecule has 1 heterocycles. The maximum Gasteiger partial charge on any atom is 0.328 e. The molecule has 1 aromatic rings. The predicted molar refractivity (Wildman–Crippen MR) is 70.7 cm³/mol. The Labute approximate surface area is 110 Å². The van der Waals surface area contributed by atoms with E-state index in [-0.39, 0.29) is 12.0 Å². The largest absolute Gasteiger partial charge is 0.478 e. The molecule has 0 aliphatic carbocycles. The van der Waals surface area contributed by atoms with Crippen LogP contribution < -0.4 is 5.32 Å². The lowest BCUT2D eigenvalue weighted by atomic mass is 10.1. The summed E-state index contributed by atoms with van der Waals surface area (Å²) >= 11 is 0. The summed E-state index contributed by atoms with van der Waals surface area (Å²) in [7, 11) is 0. The van der Waals surface area contributed by atoms with Crippen LogP contribution in [0.25, 0.3) is 6.08 Å². The SMILES string of the molecule is O=C(O)/C=C/c1cccc(NC(=O)[C@@H]2CCCO2)c1. The summed E-state index contributed by atoms with van der Waals surface area (Å²) in [5.41, 5.74) is 1.35. The molecule has 0 bridgehead atoms. The maximum absolute atomic E-state index is 11.8. The van der Waals surface area contributed by atoms with Gasteiger partial charge in [0.2, 0.25) is 0 Å². The van der Waals surface area contributed by atoms with Gasteiger partial charge in [0.05, 0.1) is 0 Å². The van der Waals surface area contributed by atoms with Crippen LogP contribution in [0, 0.1) is 0 Å². The highest BCUT2D eigenvalue weighted by Crippen LogP contribution is 2.16. The van der Waals surface area contributed by atoms with E-state index in [0.29, 0.717) is 17.9 Å². The Morgan fingerprint density at radius 2 is 2.26 bits per heavy atom. The molecular weight excluding hydrogens is 246 g/mol. The number of nitrogens with one attached hydrogen (secondary N) is 1. The van der Waals surface area contributed by atoms with Crippen LogP contribution in [-0.2, 0) is 14.3 Å². The van der Waals surface area contributed by atoms with Gasteiger partial charge in [0.25, 0.3) is 5.91 Å². The monoisotopic (exact) mass is 261 g/mol. The Kier molecular flexibility index (Phi) is 4.30. The number of hydrogen-bond acceptors (Lipinski definition) is 3. The summed E-state index contributed by atoms with van der Waals surface area (Å²) in [6.45, 7) is 0.624. The fourth-order valence-electron chi connectivity index (χ4n) is 1.89. The first-order valence-corrected chi connectivity index (χ1v) is 6.09. The van der Waals surface area contributed by atoms with Crippen molar-refractivity contribution in [3.05, 3.63) is 35.9 Å². The van der Waals surface area contributed by atoms with Crippen LogP contribution in [0.5, 0.6) is 0 Å². The van der Waals surface area contributed by atoms with E-state index in [1.807, 2.05) is 0 Å². The summed E-state index contributed by atoms with van der Waals surface area (Å²) < 4.78 is 5.29. The van der Waals surface area contributed by atoms with E-state index in [9.17, 15) is 9.59 Å². The Hall–Kier alpha value is -2.14. The number of carbonyl (C=O) groups is 2. The van der Waals surface area contributed by atoms with Crippen molar-refractivity contribution in [2.45, 2.75) is 18.9 Å². The van der Waals surface area contributed by atoms with Crippen LogP contribution in [0.2, 0.25) is 0 Å². The third kappa shape index (κ3) is 3.93. The van der Waals surface area contributed by atoms with E-state index in [0.717, 1.165) is 18.9 Å². The van der Waals surface area contributed by atoms with E-state index < -0.39 is 5.97 Å². The van der Waals surface area contributed by atoms with Gasteiger partial charge >= 0.3 is 5.97 Å². The number of ether oxygens (including phenoxy) is 1. The number of aliphatic carboxylic acids is 1. The topological polar surface area (TPSA) is 75.6 Å². The van der Waals surface area contributed by atoms with Crippen LogP contribution in [-0.4, -0.2) is 29.7 Å². The zero-order valence-electron chi connectivity index (χ0n) is 10.3. The molecule has 5 nitrogen and oxygen atoms in total. The average molecular weight is 261 g/mol. The molecule has 19 heavy (non-hydrogen) atoms. The second-order valence-corrected chi connectivity index (χ2v) is 4.29. The zero-order chi connectivity index (χ0) is 13.7. The number of amides is 1. The summed E-state index contributed by atoms with van der Waals surface area (Å²) in [6.07, 6.45) is 3.80. The molecule has 2 rings (SSSR count). The van der Waals surface area contributed by atoms with Crippen molar-refractivity contribution in [3.63, 3.8) is 0 Å². The van der Waals surface area contributed by atoms with Crippen molar-refractivity contribution < 1.29 is 19.4 Å². The Morgan fingerprint density at radius 1 is 1.42 bits per heavy atom. The van der Waals surface area contributed by atoms with Crippen molar-refractivity contribution in [1.29, 1.82) is 0 Å². The van der Waals surface area contributed by atoms with E-state index in [2.05, 4.69) is 5.32 Å². The Morgan fingerprint density at radius 3 is 2.95 bits per heavy atom. The lowest BCUT2D eigenvalue weighted by Crippen LogP contribution is -2.26. The fraction of sp³-hybridized carbons (Fsp3) is 0.286. The fourth-order valence-corrected chi connectivity index (χ4v) is 1.89. The van der Waals surface area contributed by atoms with E-state index >= 15 is 0 Å². The minimum atomic E-state index is -1.01. The number of carboxylic acids is 1. The van der Waals surface area contributed by atoms with Gasteiger partial charge in [0, 0.05) is 18.4 Å². The van der Waals surface area contributed by atoms with Crippen LogP contribution >= 0.6 is 0 Å². The average Bonchev–Trinajstić information content (AvgIpc) is 2.91. The van der Waals surface area contributed by atoms with Gasteiger partial charge in [0.1, 0.15) is 6.10 Å². The first-order chi connectivity index (χ1) is 9.15. The Balaban J connectivity index is 2.02. The molecule has 1 aromatic carbocycles. The number of anilines is 1. The molecule has 0 saturated carbocycles. The highest BCUT2D eigenvalue weighted by atomic mass is 16.5. The molecule has 1 amide bonds. The van der Waals surface area contributed by atoms with Crippen molar-refractivity contribution in [2.75, 3.05) is 11.9 Å². The van der Waals surface area contributed by atoms with Gasteiger partial charge in [-0.2, -0.15) is 0 Å². The molecule has 0 aromatic heterocycles. The molecule has 5 heteroatoms. The van der Waals surface area contributed by atoms with Gasteiger partial charge in [-0.3, -0.25) is 4.79 Å². The smallest absolute Gasteiger partial charge is 0.328 e. The summed E-state index contributed by atoms with van der Waals surface area (Å²) in [5.74, 6) is -1.16. The minimum absolute atomic E-state index is 0.156. The standard InChI is InChI=1S/C14H15NO4/c16-13(17)7-6-10-3-1-4-11(9-10)15-14(18)12-5-2-8-19-12/h1,3-4,6-7,9,12H,2,5,8H2,(H,15,18)(H,16,17)/b7-6+/t12-/m0/s1. The van der Waals surface area contributed by atoms with Crippen LogP contribution in [0.15, 0.2) is 30.3 Å². The molecule has 2 N–H and O–H groups in total. The number of rotatable bonds is 4. The molecule has 1 aliphatic heterocycles. The van der Waals surface area contributed by atoms with Gasteiger partial charge in [-0.05, 0) is 36.6 Å². The number of carbonyl (C=O) groups excluding carboxylic acids is 1. The van der Waals surface area contributed by atoms with Crippen LogP contribution in [0.1, 0.15) is 18.4 Å². The third-order valence-electron chi connectivity index (χ3n) is 2.79. The number of hydrogen-bond donors (Lipinski definition) is 2. The van der Waals surface area contributed by atoms with Crippen molar-refractivity contribution in [3.8, 4) is 0 Å². The van der Waals surface area contributed by atoms with Gasteiger partial charge in [-0.25, -0.2) is 4.79 Å². The summed E-state index contributed by atoms with van der Waals surface area (Å²) in [5, 5.41) is 11.3. The van der Waals surface area contributed by atoms with Gasteiger partial charge < -0.3 is 15.2 Å². The van der Waals surface area contributed by atoms with E-state index in [4.69, 9.17) is 9.84 Å². The quantitative estimate of drug-likeness (QED) is 0.812. The lowest BCUT2D eigenvalue weighted by molar-refractivity contribution is -0.131. The first kappa shape index (κ1) is 13.3. The van der Waals surface area contributed by atoms with Gasteiger partial charge in [0.15, 0.2) is 0 Å².